The first-order chi connectivity index (χ1) is 16.0. The number of halogens is 4. The van der Waals surface area contributed by atoms with E-state index in [2.05, 4.69) is 21.9 Å². The molecule has 0 radical (unpaired) electrons. The maximum absolute atomic E-state index is 14.2. The lowest BCUT2D eigenvalue weighted by molar-refractivity contribution is -0.0914. The van der Waals surface area contributed by atoms with Gasteiger partial charge in [0.1, 0.15) is 18.0 Å². The van der Waals surface area contributed by atoms with Gasteiger partial charge >= 0.3 is 6.18 Å². The normalized spacial score (nSPS) is 13.7. The highest BCUT2D eigenvalue weighted by atomic mass is 19.4. The first kappa shape index (κ1) is 26.6. The third-order valence-electron chi connectivity index (χ3n) is 4.80. The number of rotatable bonds is 10. The first-order valence-electron chi connectivity index (χ1n) is 10.1. The molecular weight excluding hydrogens is 458 g/mol. The molecule has 0 unspecified atom stereocenters. The van der Waals surface area contributed by atoms with Crippen LogP contribution in [0, 0.1) is 0 Å². The molecule has 0 N–H and O–H groups in total. The molecule has 0 saturated carbocycles. The van der Waals surface area contributed by atoms with E-state index in [1.54, 1.807) is 32.0 Å². The van der Waals surface area contributed by atoms with Crippen LogP contribution in [0.5, 0.6) is 5.75 Å². The second-order valence-electron chi connectivity index (χ2n) is 7.09. The van der Waals surface area contributed by atoms with E-state index < -0.39 is 29.5 Å². The van der Waals surface area contributed by atoms with Crippen molar-refractivity contribution in [1.82, 2.24) is 19.9 Å². The van der Waals surface area contributed by atoms with E-state index in [9.17, 15) is 22.4 Å². The monoisotopic (exact) mass is 483 g/mol. The van der Waals surface area contributed by atoms with Crippen LogP contribution in [0.2, 0.25) is 0 Å². The van der Waals surface area contributed by atoms with Crippen LogP contribution in [0.1, 0.15) is 31.1 Å². The van der Waals surface area contributed by atoms with Crippen molar-refractivity contribution in [2.75, 3.05) is 20.3 Å². The molecular formula is C22H25F4N5O3. The summed E-state index contributed by atoms with van der Waals surface area (Å²) in [5, 5.41) is 8.14. The second-order valence-corrected chi connectivity index (χ2v) is 7.09. The van der Waals surface area contributed by atoms with Crippen LogP contribution in [-0.4, -0.2) is 65.0 Å². The highest BCUT2D eigenvalue weighted by Crippen LogP contribution is 2.27. The van der Waals surface area contributed by atoms with Gasteiger partial charge in [-0.1, -0.05) is 0 Å². The van der Waals surface area contributed by atoms with Crippen molar-refractivity contribution in [2.24, 2.45) is 4.99 Å². The Labute approximate surface area is 194 Å². The number of nitrogens with zero attached hydrogens (tertiary/aromatic N) is 5. The van der Waals surface area contributed by atoms with Crippen LogP contribution in [0.15, 0.2) is 58.9 Å². The fraction of sp³-hybridized carbons (Fsp3) is 0.364. The Hall–Kier alpha value is -3.70. The second kappa shape index (κ2) is 11.4. The van der Waals surface area contributed by atoms with Gasteiger partial charge in [0.25, 0.3) is 5.91 Å². The summed E-state index contributed by atoms with van der Waals surface area (Å²) < 4.78 is 62.7. The molecule has 0 spiro atoms. The number of likely N-dealkylation sites (N-methyl/N-ethyl adjacent to an activating group) is 1. The van der Waals surface area contributed by atoms with Crippen LogP contribution in [0.4, 0.5) is 17.6 Å². The van der Waals surface area contributed by atoms with Crippen LogP contribution in [0.3, 0.4) is 0 Å². The number of hydrogen-bond acceptors (Lipinski definition) is 6. The van der Waals surface area contributed by atoms with E-state index in [1.807, 2.05) is 0 Å². The molecule has 0 saturated heterocycles. The smallest absolute Gasteiger partial charge is 0.412 e. The van der Waals surface area contributed by atoms with Crippen LogP contribution >= 0.6 is 0 Å². The lowest BCUT2D eigenvalue weighted by atomic mass is 10.1. The number of carbonyl (C=O) groups excluding carboxylic acids is 1. The molecule has 1 atom stereocenters. The van der Waals surface area contributed by atoms with Gasteiger partial charge in [0.05, 0.1) is 31.1 Å². The number of carbonyl (C=O) groups is 1. The summed E-state index contributed by atoms with van der Waals surface area (Å²) >= 11 is 0. The lowest BCUT2D eigenvalue weighted by Gasteiger charge is -2.28. The van der Waals surface area contributed by atoms with Crippen LogP contribution < -0.4 is 4.74 Å². The molecule has 2 aromatic rings. The van der Waals surface area contributed by atoms with Gasteiger partial charge in [-0.05, 0) is 45.7 Å². The fourth-order valence-corrected chi connectivity index (χ4v) is 2.95. The molecule has 1 heterocycles. The number of hydrogen-bond donors (Lipinski definition) is 0. The van der Waals surface area contributed by atoms with E-state index in [0.29, 0.717) is 11.4 Å². The number of allylic oxidation sites excluding steroid dienone is 3. The summed E-state index contributed by atoms with van der Waals surface area (Å²) in [6.45, 7) is 7.27. The number of aromatic nitrogens is 3. The Bertz CT molecular complexity index is 1060. The van der Waals surface area contributed by atoms with Gasteiger partial charge in [0.2, 0.25) is 5.88 Å². The summed E-state index contributed by atoms with van der Waals surface area (Å²) in [6, 6.07) is 4.19. The minimum atomic E-state index is -4.69. The number of methoxy groups -OCH3 is 1. The molecule has 0 bridgehead atoms. The molecule has 1 aromatic heterocycles. The van der Waals surface area contributed by atoms with Gasteiger partial charge in [-0.15, -0.1) is 0 Å². The van der Waals surface area contributed by atoms with Crippen molar-refractivity contribution in [3.05, 3.63) is 59.5 Å². The summed E-state index contributed by atoms with van der Waals surface area (Å²) in [5.41, 5.74) is -0.501. The van der Waals surface area contributed by atoms with Crippen molar-refractivity contribution in [2.45, 2.75) is 33.0 Å². The standard InChI is InChI=1S/C22H25F4N5O3/c1-6-30(15(3)13-34-20(27-4)18(23)11-14(2)22(24,25)26)21(32)17-8-7-16(33-5)12-19(17)31-28-9-10-29-31/h7-12,15H,4,6,13H2,1-3,5H3/b14-11+,20-18-/t15-/m0/s1. The summed E-state index contributed by atoms with van der Waals surface area (Å²) in [4.78, 5) is 19.4. The average molecular weight is 483 g/mol. The molecule has 1 aromatic carbocycles. The van der Waals surface area contributed by atoms with Crippen molar-refractivity contribution in [3.8, 4) is 11.4 Å². The summed E-state index contributed by atoms with van der Waals surface area (Å²) in [5.74, 6) is -1.93. The first-order valence-corrected chi connectivity index (χ1v) is 10.1. The molecule has 8 nitrogen and oxygen atoms in total. The highest BCUT2D eigenvalue weighted by molar-refractivity contribution is 5.98. The molecule has 0 aliphatic heterocycles. The number of aliphatic imine (C=N–C) groups is 1. The molecule has 1 amide bonds. The average Bonchev–Trinajstić information content (AvgIpc) is 3.33. The van der Waals surface area contributed by atoms with Crippen LogP contribution in [0.25, 0.3) is 5.69 Å². The van der Waals surface area contributed by atoms with E-state index in [0.717, 1.165) is 6.92 Å². The Morgan fingerprint density at radius 2 is 1.97 bits per heavy atom. The maximum atomic E-state index is 14.2. The number of amides is 1. The lowest BCUT2D eigenvalue weighted by Crippen LogP contribution is -2.41. The van der Waals surface area contributed by atoms with Gasteiger partial charge in [-0.25, -0.2) is 9.38 Å². The van der Waals surface area contributed by atoms with Crippen molar-refractivity contribution < 1.29 is 31.8 Å². The van der Waals surface area contributed by atoms with Gasteiger partial charge < -0.3 is 14.4 Å². The molecule has 2 rings (SSSR count). The van der Waals surface area contributed by atoms with E-state index in [1.165, 1.54) is 29.2 Å². The number of benzene rings is 1. The van der Waals surface area contributed by atoms with Gasteiger partial charge in [-0.2, -0.15) is 28.2 Å². The topological polar surface area (TPSA) is 81.8 Å². The van der Waals surface area contributed by atoms with E-state index in [-0.39, 0.29) is 30.7 Å². The number of alkyl halides is 3. The quantitative estimate of drug-likeness (QED) is 0.215. The zero-order chi connectivity index (χ0) is 25.5. The van der Waals surface area contributed by atoms with E-state index >= 15 is 0 Å². The Morgan fingerprint density at radius 1 is 1.32 bits per heavy atom. The summed E-state index contributed by atoms with van der Waals surface area (Å²) in [7, 11) is 1.48. The van der Waals surface area contributed by atoms with E-state index in [4.69, 9.17) is 9.47 Å². The molecule has 0 aliphatic carbocycles. The third kappa shape index (κ3) is 6.42. The minimum Gasteiger partial charge on any atom is -0.497 e. The SMILES string of the molecule is C=N/C(OC[C@H](C)N(CC)C(=O)c1ccc(OC)cc1-n1nccn1)=C(F)\C=C(/C)C(F)(F)F. The van der Waals surface area contributed by atoms with Crippen molar-refractivity contribution in [1.29, 1.82) is 0 Å². The highest BCUT2D eigenvalue weighted by Gasteiger charge is 2.31. The predicted octanol–water partition coefficient (Wildman–Crippen LogP) is 4.49. The zero-order valence-electron chi connectivity index (χ0n) is 19.1. The maximum Gasteiger partial charge on any atom is 0.412 e. The largest absolute Gasteiger partial charge is 0.497 e. The van der Waals surface area contributed by atoms with Gasteiger partial charge in [0, 0.05) is 18.2 Å². The van der Waals surface area contributed by atoms with Gasteiger partial charge in [-0.3, -0.25) is 4.79 Å². The number of ether oxygens (including phenoxy) is 2. The molecule has 0 fully saturated rings. The minimum absolute atomic E-state index is 0.244. The third-order valence-corrected chi connectivity index (χ3v) is 4.80. The predicted molar refractivity (Wildman–Crippen MR) is 118 cm³/mol. The molecule has 12 heteroatoms. The summed E-state index contributed by atoms with van der Waals surface area (Å²) in [6.07, 6.45) is -1.50. The Kier molecular flexibility index (Phi) is 8.93. The Balaban J connectivity index is 2.26. The van der Waals surface area contributed by atoms with Gasteiger partial charge in [0.15, 0.2) is 5.83 Å². The van der Waals surface area contributed by atoms with Crippen LogP contribution in [-0.2, 0) is 4.74 Å². The van der Waals surface area contributed by atoms with Crippen molar-refractivity contribution >= 4 is 12.6 Å². The molecule has 184 valence electrons. The zero-order valence-corrected chi connectivity index (χ0v) is 19.1. The molecule has 34 heavy (non-hydrogen) atoms. The van der Waals surface area contributed by atoms with Crippen molar-refractivity contribution in [3.63, 3.8) is 0 Å². The Morgan fingerprint density at radius 3 is 2.50 bits per heavy atom. The molecule has 0 aliphatic rings. The fourth-order valence-electron chi connectivity index (χ4n) is 2.95.